The number of halogens is 1. The molecule has 0 aliphatic carbocycles. The largest absolute Gasteiger partial charge is 0.385 e. The number of hydrogen-bond acceptors (Lipinski definition) is 1. The molecule has 0 aliphatic heterocycles. The molecular weight excluding hydrogens is 156 g/mol. The van der Waals surface area contributed by atoms with Crippen LogP contribution in [0.25, 0.3) is 0 Å². The van der Waals surface area contributed by atoms with Crippen LogP contribution in [0.4, 0.5) is 0 Å². The Morgan fingerprint density at radius 1 is 1.71 bits per heavy atom. The Morgan fingerprint density at radius 3 is 3.14 bits per heavy atom. The first-order valence-corrected chi connectivity index (χ1v) is 3.38. The molecule has 0 amide bonds. The summed E-state index contributed by atoms with van der Waals surface area (Å²) in [6.07, 6.45) is 1.75. The third kappa shape index (κ3) is 6.44. The number of rotatable bonds is 4. The van der Waals surface area contributed by atoms with Crippen LogP contribution in [-0.2, 0) is 4.74 Å². The molecule has 0 aromatic carbocycles. The van der Waals surface area contributed by atoms with E-state index in [9.17, 15) is 0 Å². The molecule has 0 unspecified atom stereocenters. The van der Waals surface area contributed by atoms with E-state index in [4.69, 9.17) is 4.11 Å². The molecule has 0 spiro atoms. The van der Waals surface area contributed by atoms with E-state index in [0.717, 1.165) is 18.2 Å². The highest BCUT2D eigenvalue weighted by atomic mass is 79.9. The summed E-state index contributed by atoms with van der Waals surface area (Å²) in [7, 11) is -2.22. The van der Waals surface area contributed by atoms with E-state index >= 15 is 0 Å². The molecule has 0 rings (SSSR count). The van der Waals surface area contributed by atoms with Gasteiger partial charge in [0.15, 0.2) is 0 Å². The van der Waals surface area contributed by atoms with Gasteiger partial charge in [0.25, 0.3) is 0 Å². The molecule has 0 fully saturated rings. The molecule has 1 nitrogen and oxygen atoms in total. The maximum atomic E-state index is 6.67. The van der Waals surface area contributed by atoms with Gasteiger partial charge < -0.3 is 4.74 Å². The van der Waals surface area contributed by atoms with Crippen molar-refractivity contribution in [2.24, 2.45) is 0 Å². The zero-order valence-electron chi connectivity index (χ0n) is 7.11. The van der Waals surface area contributed by atoms with Crippen molar-refractivity contribution in [2.75, 3.05) is 19.0 Å². The predicted octanol–water partition coefficient (Wildman–Crippen LogP) is 1.81. The van der Waals surface area contributed by atoms with Crippen LogP contribution >= 0.6 is 15.9 Å². The minimum atomic E-state index is -2.22. The second-order valence-electron chi connectivity index (χ2n) is 1.24. The standard InChI is InChI=1S/C5H11BrO/c1-7-5-3-2-4-6/h2-5H2,1H3/i1D3. The number of hydrogen-bond donors (Lipinski definition) is 0. The highest BCUT2D eigenvalue weighted by Crippen LogP contribution is 1.92. The van der Waals surface area contributed by atoms with Gasteiger partial charge in [0, 0.05) is 19.0 Å². The van der Waals surface area contributed by atoms with Gasteiger partial charge in [-0.15, -0.1) is 0 Å². The first-order chi connectivity index (χ1) is 4.56. The fourth-order valence-corrected chi connectivity index (χ4v) is 0.665. The lowest BCUT2D eigenvalue weighted by molar-refractivity contribution is 0.194. The zero-order valence-corrected chi connectivity index (χ0v) is 5.70. The molecule has 0 saturated heterocycles. The number of ether oxygens (including phenoxy) is 1. The number of alkyl halides is 1. The SMILES string of the molecule is [2H]C([2H])([2H])OCCCCBr. The smallest absolute Gasteiger partial charge is 0.0530 e. The van der Waals surface area contributed by atoms with Crippen molar-refractivity contribution in [1.82, 2.24) is 0 Å². The van der Waals surface area contributed by atoms with Gasteiger partial charge in [0.1, 0.15) is 0 Å². The Kier molecular flexibility index (Phi) is 3.19. The second-order valence-corrected chi connectivity index (χ2v) is 2.04. The van der Waals surface area contributed by atoms with Gasteiger partial charge in [-0.3, -0.25) is 0 Å². The van der Waals surface area contributed by atoms with E-state index in [1.807, 2.05) is 0 Å². The molecule has 0 bridgehead atoms. The highest BCUT2D eigenvalue weighted by molar-refractivity contribution is 9.09. The van der Waals surface area contributed by atoms with Crippen LogP contribution in [-0.4, -0.2) is 19.0 Å². The minimum Gasteiger partial charge on any atom is -0.385 e. The Morgan fingerprint density at radius 2 is 2.57 bits per heavy atom. The first-order valence-electron chi connectivity index (χ1n) is 3.76. The monoisotopic (exact) mass is 169 g/mol. The van der Waals surface area contributed by atoms with E-state index in [1.165, 1.54) is 0 Å². The molecule has 0 aromatic rings. The number of unbranched alkanes of at least 4 members (excludes halogenated alkanes) is 1. The maximum absolute atomic E-state index is 6.67. The molecule has 0 radical (unpaired) electrons. The molecule has 0 aromatic heterocycles. The van der Waals surface area contributed by atoms with Gasteiger partial charge >= 0.3 is 0 Å². The lowest BCUT2D eigenvalue weighted by Crippen LogP contribution is -1.87. The molecule has 0 aliphatic rings. The molecule has 0 saturated carbocycles. The van der Waals surface area contributed by atoms with Crippen LogP contribution in [0.3, 0.4) is 0 Å². The molecule has 0 atom stereocenters. The summed E-state index contributed by atoms with van der Waals surface area (Å²) in [5.74, 6) is 0. The average molecular weight is 170 g/mol. The zero-order chi connectivity index (χ0) is 8.04. The lowest BCUT2D eigenvalue weighted by Gasteiger charge is -1.92. The van der Waals surface area contributed by atoms with E-state index in [-0.39, 0.29) is 0 Å². The molecule has 44 valence electrons. The topological polar surface area (TPSA) is 9.23 Å². The van der Waals surface area contributed by atoms with Gasteiger partial charge in [0.2, 0.25) is 0 Å². The van der Waals surface area contributed by atoms with Crippen molar-refractivity contribution in [2.45, 2.75) is 12.8 Å². The van der Waals surface area contributed by atoms with Crippen molar-refractivity contribution in [3.8, 4) is 0 Å². The van der Waals surface area contributed by atoms with Crippen LogP contribution in [0.1, 0.15) is 17.0 Å². The fraction of sp³-hybridized carbons (Fsp3) is 1.00. The van der Waals surface area contributed by atoms with Crippen LogP contribution in [0.5, 0.6) is 0 Å². The average Bonchev–Trinajstić information content (AvgIpc) is 1.78. The third-order valence-corrected chi connectivity index (χ3v) is 1.19. The van der Waals surface area contributed by atoms with Crippen LogP contribution in [0.15, 0.2) is 0 Å². The molecule has 0 N–H and O–H groups in total. The summed E-state index contributed by atoms with van der Waals surface area (Å²) in [6, 6.07) is 0. The highest BCUT2D eigenvalue weighted by Gasteiger charge is 1.80. The van der Waals surface area contributed by atoms with E-state index < -0.39 is 7.04 Å². The van der Waals surface area contributed by atoms with Crippen LogP contribution < -0.4 is 0 Å². The molecule has 7 heavy (non-hydrogen) atoms. The Bertz CT molecular complexity index is 83.5. The van der Waals surface area contributed by atoms with Gasteiger partial charge in [-0.1, -0.05) is 15.9 Å². The quantitative estimate of drug-likeness (QED) is 0.461. The summed E-state index contributed by atoms with van der Waals surface area (Å²) < 4.78 is 24.5. The van der Waals surface area contributed by atoms with Crippen molar-refractivity contribution in [3.63, 3.8) is 0 Å². The summed E-state index contributed by atoms with van der Waals surface area (Å²) in [4.78, 5) is 0. The second kappa shape index (κ2) is 6.44. The fourth-order valence-electron chi connectivity index (χ4n) is 0.269. The summed E-state index contributed by atoms with van der Waals surface area (Å²) in [5, 5.41) is 0.900. The van der Waals surface area contributed by atoms with Gasteiger partial charge in [-0.05, 0) is 12.8 Å². The Hall–Kier alpha value is 0.440. The minimum absolute atomic E-state index is 0.322. The van der Waals surface area contributed by atoms with Crippen LogP contribution in [0.2, 0.25) is 0 Å². The predicted molar refractivity (Wildman–Crippen MR) is 34.9 cm³/mol. The van der Waals surface area contributed by atoms with Crippen molar-refractivity contribution in [1.29, 1.82) is 0 Å². The van der Waals surface area contributed by atoms with Crippen LogP contribution in [0, 0.1) is 0 Å². The maximum Gasteiger partial charge on any atom is 0.0530 e. The molecule has 2 heteroatoms. The first kappa shape index (κ1) is 3.46. The van der Waals surface area contributed by atoms with Crippen molar-refractivity contribution < 1.29 is 8.85 Å². The number of methoxy groups -OCH3 is 1. The molecular formula is C5H11BrO. The van der Waals surface area contributed by atoms with E-state index in [2.05, 4.69) is 20.7 Å². The van der Waals surface area contributed by atoms with Gasteiger partial charge in [-0.25, -0.2) is 0 Å². The molecule has 0 heterocycles. The summed E-state index contributed by atoms with van der Waals surface area (Å²) >= 11 is 3.23. The normalized spacial score (nSPS) is 17.6. The van der Waals surface area contributed by atoms with E-state index in [0.29, 0.717) is 6.61 Å². The van der Waals surface area contributed by atoms with Crippen molar-refractivity contribution >= 4 is 15.9 Å². The van der Waals surface area contributed by atoms with Gasteiger partial charge in [-0.2, -0.15) is 0 Å². The van der Waals surface area contributed by atoms with Crippen molar-refractivity contribution in [3.05, 3.63) is 0 Å². The lowest BCUT2D eigenvalue weighted by atomic mass is 10.4. The summed E-state index contributed by atoms with van der Waals surface area (Å²) in [6.45, 7) is 0.322. The summed E-state index contributed by atoms with van der Waals surface area (Å²) in [5.41, 5.74) is 0. The van der Waals surface area contributed by atoms with Gasteiger partial charge in [0.05, 0.1) is 4.11 Å². The third-order valence-electron chi connectivity index (χ3n) is 0.630. The Balaban J connectivity index is 3.04. The van der Waals surface area contributed by atoms with E-state index in [1.54, 1.807) is 0 Å². The Labute approximate surface area is 57.4 Å².